The fourth-order valence-electron chi connectivity index (χ4n) is 3.58. The van der Waals surface area contributed by atoms with Crippen molar-refractivity contribution < 1.29 is 14.3 Å². The third-order valence-electron chi connectivity index (χ3n) is 5.25. The molecule has 2 heterocycles. The molecule has 33 heavy (non-hydrogen) atoms. The van der Waals surface area contributed by atoms with E-state index in [-0.39, 0.29) is 12.5 Å². The van der Waals surface area contributed by atoms with Crippen LogP contribution in [0.4, 0.5) is 5.82 Å². The summed E-state index contributed by atoms with van der Waals surface area (Å²) < 4.78 is 6.53. The summed E-state index contributed by atoms with van der Waals surface area (Å²) in [7, 11) is 1.34. The molecule has 0 fully saturated rings. The van der Waals surface area contributed by atoms with Crippen LogP contribution in [0.25, 0.3) is 16.9 Å². The van der Waals surface area contributed by atoms with Crippen molar-refractivity contribution in [3.63, 3.8) is 0 Å². The van der Waals surface area contributed by atoms with Gasteiger partial charge in [0.15, 0.2) is 5.65 Å². The van der Waals surface area contributed by atoms with Crippen LogP contribution in [0, 0.1) is 0 Å². The summed E-state index contributed by atoms with van der Waals surface area (Å²) in [6.07, 6.45) is 1.80. The first-order chi connectivity index (χ1) is 16.1. The second-order valence-corrected chi connectivity index (χ2v) is 7.43. The SMILES string of the molecule is COC(=O)CNc1c(-c2ccccc2)nc2c(C(=O)NCc3cccc(CN)c3)cccn12. The number of aromatic nitrogens is 2. The lowest BCUT2D eigenvalue weighted by Gasteiger charge is -2.09. The van der Waals surface area contributed by atoms with E-state index in [4.69, 9.17) is 15.5 Å². The van der Waals surface area contributed by atoms with Crippen molar-refractivity contribution in [3.8, 4) is 11.3 Å². The van der Waals surface area contributed by atoms with Gasteiger partial charge in [0.25, 0.3) is 5.91 Å². The van der Waals surface area contributed by atoms with E-state index < -0.39 is 5.97 Å². The zero-order chi connectivity index (χ0) is 23.2. The molecule has 0 saturated carbocycles. The number of benzene rings is 2. The Bertz CT molecular complexity index is 1280. The van der Waals surface area contributed by atoms with Crippen LogP contribution in [-0.2, 0) is 22.6 Å². The molecule has 0 saturated heterocycles. The molecule has 1 amide bonds. The van der Waals surface area contributed by atoms with E-state index in [1.807, 2.05) is 54.6 Å². The number of anilines is 1. The van der Waals surface area contributed by atoms with Crippen LogP contribution in [0.2, 0.25) is 0 Å². The molecule has 0 radical (unpaired) electrons. The number of methoxy groups -OCH3 is 1. The quantitative estimate of drug-likeness (QED) is 0.361. The first-order valence-electron chi connectivity index (χ1n) is 10.5. The number of rotatable bonds is 8. The number of hydrogen-bond acceptors (Lipinski definition) is 6. The minimum absolute atomic E-state index is 0.0297. The average Bonchev–Trinajstić information content (AvgIpc) is 3.25. The van der Waals surface area contributed by atoms with Crippen molar-refractivity contribution in [1.29, 1.82) is 0 Å². The number of fused-ring (bicyclic) bond motifs is 1. The Hall–Kier alpha value is -4.17. The third kappa shape index (κ3) is 4.86. The van der Waals surface area contributed by atoms with Gasteiger partial charge in [0, 0.05) is 24.8 Å². The first-order valence-corrected chi connectivity index (χ1v) is 10.5. The summed E-state index contributed by atoms with van der Waals surface area (Å²) in [5.41, 5.74) is 10.1. The Morgan fingerprint density at radius 1 is 1.03 bits per heavy atom. The topological polar surface area (TPSA) is 111 Å². The predicted molar refractivity (Wildman–Crippen MR) is 127 cm³/mol. The van der Waals surface area contributed by atoms with Gasteiger partial charge in [-0.15, -0.1) is 0 Å². The summed E-state index contributed by atoms with van der Waals surface area (Å²) in [5.74, 6) is -0.0488. The lowest BCUT2D eigenvalue weighted by molar-refractivity contribution is -0.138. The molecule has 0 aliphatic heterocycles. The third-order valence-corrected chi connectivity index (χ3v) is 5.25. The van der Waals surface area contributed by atoms with Gasteiger partial charge in [0.2, 0.25) is 0 Å². The number of carbonyl (C=O) groups excluding carboxylic acids is 2. The lowest BCUT2D eigenvalue weighted by Crippen LogP contribution is -2.23. The number of nitrogens with two attached hydrogens (primary N) is 1. The molecule has 0 spiro atoms. The minimum Gasteiger partial charge on any atom is -0.468 e. The Morgan fingerprint density at radius 2 is 1.82 bits per heavy atom. The molecule has 4 N–H and O–H groups in total. The molecule has 8 nitrogen and oxygen atoms in total. The fourth-order valence-corrected chi connectivity index (χ4v) is 3.58. The van der Waals surface area contributed by atoms with Gasteiger partial charge in [0.1, 0.15) is 18.1 Å². The molecule has 0 atom stereocenters. The molecule has 8 heteroatoms. The Kier molecular flexibility index (Phi) is 6.66. The Balaban J connectivity index is 1.68. The van der Waals surface area contributed by atoms with Crippen molar-refractivity contribution in [2.45, 2.75) is 13.1 Å². The van der Waals surface area contributed by atoms with Crippen LogP contribution >= 0.6 is 0 Å². The zero-order valence-corrected chi connectivity index (χ0v) is 18.2. The van der Waals surface area contributed by atoms with Crippen molar-refractivity contribution in [2.75, 3.05) is 19.0 Å². The maximum Gasteiger partial charge on any atom is 0.325 e. The predicted octanol–water partition coefficient (Wildman–Crippen LogP) is 2.97. The van der Waals surface area contributed by atoms with E-state index in [9.17, 15) is 9.59 Å². The summed E-state index contributed by atoms with van der Waals surface area (Å²) in [5, 5.41) is 6.06. The van der Waals surface area contributed by atoms with E-state index in [2.05, 4.69) is 10.6 Å². The first kappa shape index (κ1) is 22.0. The smallest absolute Gasteiger partial charge is 0.325 e. The second kappa shape index (κ2) is 9.97. The molecule has 2 aromatic carbocycles. The highest BCUT2D eigenvalue weighted by Gasteiger charge is 2.19. The largest absolute Gasteiger partial charge is 0.468 e. The molecule has 0 aliphatic rings. The van der Waals surface area contributed by atoms with Gasteiger partial charge in [-0.2, -0.15) is 0 Å². The van der Waals surface area contributed by atoms with E-state index >= 15 is 0 Å². The van der Waals surface area contributed by atoms with Crippen LogP contribution in [0.3, 0.4) is 0 Å². The fraction of sp³-hybridized carbons (Fsp3) is 0.160. The number of esters is 1. The van der Waals surface area contributed by atoms with Gasteiger partial charge in [-0.05, 0) is 23.3 Å². The maximum atomic E-state index is 13.1. The lowest BCUT2D eigenvalue weighted by atomic mass is 10.1. The van der Waals surface area contributed by atoms with Gasteiger partial charge < -0.3 is 21.1 Å². The summed E-state index contributed by atoms with van der Waals surface area (Å²) in [6, 6.07) is 20.9. The molecular weight excluding hydrogens is 418 g/mol. The highest BCUT2D eigenvalue weighted by molar-refractivity contribution is 6.01. The van der Waals surface area contributed by atoms with Crippen LogP contribution in [-0.4, -0.2) is 34.9 Å². The van der Waals surface area contributed by atoms with Gasteiger partial charge in [-0.25, -0.2) is 4.98 Å². The zero-order valence-electron chi connectivity index (χ0n) is 18.2. The molecule has 4 aromatic rings. The monoisotopic (exact) mass is 443 g/mol. The van der Waals surface area contributed by atoms with Crippen LogP contribution in [0.5, 0.6) is 0 Å². The number of ether oxygens (including phenoxy) is 1. The highest BCUT2D eigenvalue weighted by atomic mass is 16.5. The van der Waals surface area contributed by atoms with E-state index in [1.54, 1.807) is 22.7 Å². The summed E-state index contributed by atoms with van der Waals surface area (Å²) in [6.45, 7) is 0.782. The van der Waals surface area contributed by atoms with Crippen LogP contribution < -0.4 is 16.4 Å². The highest BCUT2D eigenvalue weighted by Crippen LogP contribution is 2.30. The molecule has 0 unspecified atom stereocenters. The van der Waals surface area contributed by atoms with Crippen molar-refractivity contribution in [2.24, 2.45) is 5.73 Å². The summed E-state index contributed by atoms with van der Waals surface area (Å²) in [4.78, 5) is 29.6. The maximum absolute atomic E-state index is 13.1. The van der Waals surface area contributed by atoms with E-state index in [1.165, 1.54) is 7.11 Å². The van der Waals surface area contributed by atoms with Crippen molar-refractivity contribution in [1.82, 2.24) is 14.7 Å². The van der Waals surface area contributed by atoms with E-state index in [0.29, 0.717) is 35.8 Å². The molecule has 0 bridgehead atoms. The number of carbonyl (C=O) groups is 2. The van der Waals surface area contributed by atoms with Gasteiger partial charge in [-0.1, -0.05) is 54.6 Å². The number of nitrogens with one attached hydrogen (secondary N) is 2. The number of nitrogens with zero attached hydrogens (tertiary/aromatic N) is 2. The standard InChI is InChI=1S/C25H25N5O3/c1-33-21(31)16-27-24-22(19-9-3-2-4-10-19)29-23-20(11-6-12-30(23)24)25(32)28-15-18-8-5-7-17(13-18)14-26/h2-13,27H,14-16,26H2,1H3,(H,28,32). The Labute approximate surface area is 191 Å². The molecular formula is C25H25N5O3. The van der Waals surface area contributed by atoms with Crippen LogP contribution in [0.15, 0.2) is 72.9 Å². The summed E-state index contributed by atoms with van der Waals surface area (Å²) >= 11 is 0. The molecule has 0 aliphatic carbocycles. The number of hydrogen-bond donors (Lipinski definition) is 3. The molecule has 2 aromatic heterocycles. The number of imidazole rings is 1. The average molecular weight is 444 g/mol. The minimum atomic E-state index is -0.405. The van der Waals surface area contributed by atoms with Gasteiger partial charge in [-0.3, -0.25) is 14.0 Å². The van der Waals surface area contributed by atoms with Gasteiger partial charge >= 0.3 is 5.97 Å². The molecule has 168 valence electrons. The molecule has 4 rings (SSSR count). The Morgan fingerprint density at radius 3 is 2.58 bits per heavy atom. The van der Waals surface area contributed by atoms with Crippen molar-refractivity contribution >= 4 is 23.3 Å². The van der Waals surface area contributed by atoms with Gasteiger partial charge in [0.05, 0.1) is 12.7 Å². The van der Waals surface area contributed by atoms with E-state index in [0.717, 1.165) is 16.7 Å². The number of amides is 1. The van der Waals surface area contributed by atoms with Crippen molar-refractivity contribution in [3.05, 3.63) is 89.6 Å². The number of pyridine rings is 1. The van der Waals surface area contributed by atoms with Crippen LogP contribution in [0.1, 0.15) is 21.5 Å². The normalized spacial score (nSPS) is 10.7. The second-order valence-electron chi connectivity index (χ2n) is 7.43.